The Morgan fingerprint density at radius 2 is 2.38 bits per heavy atom. The molecule has 0 spiro atoms. The van der Waals surface area contributed by atoms with Crippen molar-refractivity contribution in [3.8, 4) is 0 Å². The molecule has 1 aliphatic carbocycles. The van der Waals surface area contributed by atoms with Gasteiger partial charge in [0.15, 0.2) is 0 Å². The molecule has 1 fully saturated rings. The van der Waals surface area contributed by atoms with E-state index in [2.05, 4.69) is 16.5 Å². The van der Waals surface area contributed by atoms with E-state index in [9.17, 15) is 0 Å². The first-order chi connectivity index (χ1) is 6.36. The minimum absolute atomic E-state index is 0.718. The topological polar surface area (TPSA) is 43.8 Å². The van der Waals surface area contributed by atoms with Crippen LogP contribution in [0.5, 0.6) is 0 Å². The molecule has 0 bridgehead atoms. The van der Waals surface area contributed by atoms with E-state index in [1.165, 1.54) is 24.4 Å². The van der Waals surface area contributed by atoms with Gasteiger partial charge >= 0.3 is 0 Å². The first-order valence-corrected chi connectivity index (χ1v) is 5.11. The maximum atomic E-state index is 5.54. The second-order valence-electron chi connectivity index (χ2n) is 3.66. The zero-order chi connectivity index (χ0) is 9.26. The molecule has 0 unspecified atom stereocenters. The fourth-order valence-electron chi connectivity index (χ4n) is 1.81. The van der Waals surface area contributed by atoms with E-state index in [4.69, 9.17) is 5.73 Å². The second-order valence-corrected chi connectivity index (χ2v) is 3.66. The third-order valence-corrected chi connectivity index (χ3v) is 2.63. The first-order valence-electron chi connectivity index (χ1n) is 5.11. The third kappa shape index (κ3) is 1.61. The summed E-state index contributed by atoms with van der Waals surface area (Å²) in [5.41, 5.74) is 6.84. The van der Waals surface area contributed by atoms with Gasteiger partial charge in [-0.3, -0.25) is 0 Å². The molecule has 72 valence electrons. The average molecular weight is 179 g/mol. The molecule has 3 heteroatoms. The van der Waals surface area contributed by atoms with Gasteiger partial charge in [-0.25, -0.2) is 4.98 Å². The Morgan fingerprint density at radius 3 is 2.92 bits per heavy atom. The Balaban J connectivity index is 2.24. The highest BCUT2D eigenvalue weighted by atomic mass is 15.1. The number of nitrogens with two attached hydrogens (primary N) is 1. The maximum absolute atomic E-state index is 5.54. The second kappa shape index (κ2) is 3.50. The van der Waals surface area contributed by atoms with Crippen molar-refractivity contribution in [2.45, 2.75) is 38.6 Å². The van der Waals surface area contributed by atoms with Gasteiger partial charge in [0.1, 0.15) is 5.82 Å². The van der Waals surface area contributed by atoms with Gasteiger partial charge in [-0.1, -0.05) is 0 Å². The van der Waals surface area contributed by atoms with Crippen molar-refractivity contribution in [2.24, 2.45) is 5.73 Å². The van der Waals surface area contributed by atoms with Crippen molar-refractivity contribution in [3.05, 3.63) is 17.7 Å². The molecule has 13 heavy (non-hydrogen) atoms. The minimum atomic E-state index is 0.718. The lowest BCUT2D eigenvalue weighted by atomic mass is 10.3. The van der Waals surface area contributed by atoms with Gasteiger partial charge in [0, 0.05) is 30.8 Å². The van der Waals surface area contributed by atoms with Crippen LogP contribution in [0.15, 0.2) is 6.20 Å². The van der Waals surface area contributed by atoms with Crippen LogP contribution in [0.3, 0.4) is 0 Å². The highest BCUT2D eigenvalue weighted by molar-refractivity contribution is 5.14. The van der Waals surface area contributed by atoms with Crippen LogP contribution in [0.2, 0.25) is 0 Å². The van der Waals surface area contributed by atoms with Crippen LogP contribution in [0.25, 0.3) is 0 Å². The van der Waals surface area contributed by atoms with E-state index in [1.807, 2.05) is 6.20 Å². The molecule has 0 aliphatic heterocycles. The number of hydrogen-bond acceptors (Lipinski definition) is 2. The predicted octanol–water partition coefficient (Wildman–Crippen LogP) is 1.28. The van der Waals surface area contributed by atoms with Crippen molar-refractivity contribution in [1.82, 2.24) is 9.55 Å². The van der Waals surface area contributed by atoms with Crippen LogP contribution in [0, 0.1) is 0 Å². The SMILES string of the molecule is CCn1c(CCN)cnc1C1CC1. The highest BCUT2D eigenvalue weighted by Gasteiger charge is 2.28. The number of aromatic nitrogens is 2. The van der Waals surface area contributed by atoms with E-state index in [-0.39, 0.29) is 0 Å². The summed E-state index contributed by atoms with van der Waals surface area (Å²) < 4.78 is 2.32. The monoisotopic (exact) mass is 179 g/mol. The summed E-state index contributed by atoms with van der Waals surface area (Å²) in [6, 6.07) is 0. The molecular formula is C10H17N3. The van der Waals surface area contributed by atoms with Crippen LogP contribution in [0.4, 0.5) is 0 Å². The number of imidazole rings is 1. The molecule has 0 atom stereocenters. The van der Waals surface area contributed by atoms with Gasteiger partial charge < -0.3 is 10.3 Å². The summed E-state index contributed by atoms with van der Waals surface area (Å²) >= 11 is 0. The van der Waals surface area contributed by atoms with Gasteiger partial charge in [0.05, 0.1) is 0 Å². The third-order valence-electron chi connectivity index (χ3n) is 2.63. The Bertz CT molecular complexity index is 286. The van der Waals surface area contributed by atoms with Gasteiger partial charge in [-0.2, -0.15) is 0 Å². The first kappa shape index (κ1) is 8.75. The fraction of sp³-hybridized carbons (Fsp3) is 0.700. The summed E-state index contributed by atoms with van der Waals surface area (Å²) in [7, 11) is 0. The maximum Gasteiger partial charge on any atom is 0.111 e. The Kier molecular flexibility index (Phi) is 2.36. The van der Waals surface area contributed by atoms with Crippen LogP contribution in [-0.2, 0) is 13.0 Å². The molecular weight excluding hydrogens is 162 g/mol. The Labute approximate surface area is 79.0 Å². The van der Waals surface area contributed by atoms with E-state index in [0.29, 0.717) is 0 Å². The summed E-state index contributed by atoms with van der Waals surface area (Å²) in [6.45, 7) is 3.92. The molecule has 1 saturated carbocycles. The predicted molar refractivity (Wildman–Crippen MR) is 52.6 cm³/mol. The van der Waals surface area contributed by atoms with E-state index < -0.39 is 0 Å². The van der Waals surface area contributed by atoms with E-state index in [0.717, 1.165) is 25.4 Å². The highest BCUT2D eigenvalue weighted by Crippen LogP contribution is 2.39. The summed E-state index contributed by atoms with van der Waals surface area (Å²) in [6.07, 6.45) is 5.58. The van der Waals surface area contributed by atoms with Gasteiger partial charge in [0.25, 0.3) is 0 Å². The molecule has 2 rings (SSSR count). The van der Waals surface area contributed by atoms with Crippen molar-refractivity contribution >= 4 is 0 Å². The molecule has 0 radical (unpaired) electrons. The average Bonchev–Trinajstić information content (AvgIpc) is 2.89. The van der Waals surface area contributed by atoms with Crippen molar-refractivity contribution in [1.29, 1.82) is 0 Å². The number of rotatable bonds is 4. The van der Waals surface area contributed by atoms with Crippen molar-refractivity contribution < 1.29 is 0 Å². The van der Waals surface area contributed by atoms with E-state index >= 15 is 0 Å². The molecule has 1 aliphatic rings. The Hall–Kier alpha value is -0.830. The summed E-state index contributed by atoms with van der Waals surface area (Å²) in [5, 5.41) is 0. The standard InChI is InChI=1S/C10H17N3/c1-2-13-9(5-6-11)7-12-10(13)8-3-4-8/h7-8H,2-6,11H2,1H3. The number of nitrogens with zero attached hydrogens (tertiary/aromatic N) is 2. The lowest BCUT2D eigenvalue weighted by molar-refractivity contribution is 0.662. The molecule has 0 amide bonds. The van der Waals surface area contributed by atoms with Gasteiger partial charge in [-0.15, -0.1) is 0 Å². The van der Waals surface area contributed by atoms with Crippen LogP contribution in [-0.4, -0.2) is 16.1 Å². The largest absolute Gasteiger partial charge is 0.332 e. The van der Waals surface area contributed by atoms with E-state index in [1.54, 1.807) is 0 Å². The lowest BCUT2D eigenvalue weighted by Crippen LogP contribution is -2.10. The van der Waals surface area contributed by atoms with Crippen LogP contribution in [0.1, 0.15) is 37.2 Å². The molecule has 1 aromatic heterocycles. The zero-order valence-corrected chi connectivity index (χ0v) is 8.16. The minimum Gasteiger partial charge on any atom is -0.332 e. The lowest BCUT2D eigenvalue weighted by Gasteiger charge is -2.07. The van der Waals surface area contributed by atoms with Gasteiger partial charge in [0.2, 0.25) is 0 Å². The van der Waals surface area contributed by atoms with Crippen molar-refractivity contribution in [2.75, 3.05) is 6.54 Å². The van der Waals surface area contributed by atoms with Crippen LogP contribution >= 0.6 is 0 Å². The quantitative estimate of drug-likeness (QED) is 0.756. The molecule has 0 aromatic carbocycles. The smallest absolute Gasteiger partial charge is 0.111 e. The molecule has 1 heterocycles. The van der Waals surface area contributed by atoms with Crippen LogP contribution < -0.4 is 5.73 Å². The number of hydrogen-bond donors (Lipinski definition) is 1. The molecule has 2 N–H and O–H groups in total. The molecule has 1 aromatic rings. The zero-order valence-electron chi connectivity index (χ0n) is 8.16. The molecule has 3 nitrogen and oxygen atoms in total. The molecule has 0 saturated heterocycles. The fourth-order valence-corrected chi connectivity index (χ4v) is 1.81. The van der Waals surface area contributed by atoms with Gasteiger partial charge in [-0.05, 0) is 26.3 Å². The normalized spacial score (nSPS) is 16.5. The summed E-state index contributed by atoms with van der Waals surface area (Å²) in [4.78, 5) is 4.47. The Morgan fingerprint density at radius 1 is 1.62 bits per heavy atom. The summed E-state index contributed by atoms with van der Waals surface area (Å²) in [5.74, 6) is 2.03. The van der Waals surface area contributed by atoms with Crippen molar-refractivity contribution in [3.63, 3.8) is 0 Å².